The van der Waals surface area contributed by atoms with Gasteiger partial charge in [-0.1, -0.05) is 13.3 Å². The molecule has 2 N–H and O–H groups in total. The molecule has 0 aromatic heterocycles. The maximum atomic E-state index is 11.7. The van der Waals surface area contributed by atoms with E-state index in [1.807, 2.05) is 0 Å². The molecular weight excluding hydrogens is 216 g/mol. The second-order valence-electron chi connectivity index (χ2n) is 5.27. The molecule has 4 heteroatoms. The van der Waals surface area contributed by atoms with E-state index in [0.717, 1.165) is 19.0 Å². The first kappa shape index (κ1) is 14.5. The summed E-state index contributed by atoms with van der Waals surface area (Å²) < 4.78 is 5.00. The van der Waals surface area contributed by atoms with Gasteiger partial charge in [0.1, 0.15) is 5.54 Å². The van der Waals surface area contributed by atoms with Crippen molar-refractivity contribution in [2.45, 2.75) is 45.6 Å². The predicted octanol–water partition coefficient (Wildman–Crippen LogP) is 1.39. The monoisotopic (exact) mass is 242 g/mol. The van der Waals surface area contributed by atoms with Crippen molar-refractivity contribution in [3.63, 3.8) is 0 Å². The molecule has 0 saturated carbocycles. The van der Waals surface area contributed by atoms with Crippen LogP contribution in [0.4, 0.5) is 0 Å². The quantitative estimate of drug-likeness (QED) is 0.740. The second-order valence-corrected chi connectivity index (χ2v) is 5.27. The topological polar surface area (TPSA) is 55.6 Å². The van der Waals surface area contributed by atoms with E-state index in [4.69, 9.17) is 10.5 Å². The minimum Gasteiger partial charge on any atom is -0.465 e. The highest BCUT2D eigenvalue weighted by Gasteiger charge is 2.33. The predicted molar refractivity (Wildman–Crippen MR) is 68.7 cm³/mol. The van der Waals surface area contributed by atoms with Gasteiger partial charge < -0.3 is 15.4 Å². The largest absolute Gasteiger partial charge is 0.465 e. The Labute approximate surface area is 104 Å². The fourth-order valence-corrected chi connectivity index (χ4v) is 2.38. The first-order valence-electron chi connectivity index (χ1n) is 6.68. The molecule has 0 amide bonds. The van der Waals surface area contributed by atoms with Crippen LogP contribution in [-0.2, 0) is 9.53 Å². The third-order valence-electron chi connectivity index (χ3n) is 3.58. The van der Waals surface area contributed by atoms with Crippen molar-refractivity contribution in [1.29, 1.82) is 0 Å². The van der Waals surface area contributed by atoms with Crippen LogP contribution in [0.1, 0.15) is 40.0 Å². The zero-order valence-corrected chi connectivity index (χ0v) is 11.4. The van der Waals surface area contributed by atoms with Crippen molar-refractivity contribution in [3.8, 4) is 0 Å². The van der Waals surface area contributed by atoms with Crippen LogP contribution >= 0.6 is 0 Å². The summed E-state index contributed by atoms with van der Waals surface area (Å²) in [6, 6.07) is 0. The molecule has 0 aromatic carbocycles. The summed E-state index contributed by atoms with van der Waals surface area (Å²) in [6.45, 7) is 8.89. The first-order valence-corrected chi connectivity index (χ1v) is 6.68. The molecule has 0 radical (unpaired) electrons. The molecular formula is C13H26N2O2. The van der Waals surface area contributed by atoms with Crippen molar-refractivity contribution in [2.24, 2.45) is 11.7 Å². The highest BCUT2D eigenvalue weighted by Crippen LogP contribution is 2.21. The van der Waals surface area contributed by atoms with Crippen LogP contribution in [0, 0.1) is 5.92 Å². The zero-order chi connectivity index (χ0) is 12.9. The lowest BCUT2D eigenvalue weighted by Gasteiger charge is -2.35. The van der Waals surface area contributed by atoms with Crippen molar-refractivity contribution in [3.05, 3.63) is 0 Å². The number of piperidine rings is 1. The molecule has 1 heterocycles. The fourth-order valence-electron chi connectivity index (χ4n) is 2.38. The first-order chi connectivity index (χ1) is 7.99. The van der Waals surface area contributed by atoms with Gasteiger partial charge in [-0.2, -0.15) is 0 Å². The number of ether oxygens (including phenoxy) is 1. The number of nitrogens with zero attached hydrogens (tertiary/aromatic N) is 1. The standard InChI is InChI=1S/C13H26N2O2/c1-4-11-6-8-15(9-7-11)10-13(3,14)12(16)17-5-2/h11H,4-10,14H2,1-3H3. The molecule has 100 valence electrons. The number of carbonyl (C=O) groups excluding carboxylic acids is 1. The minimum atomic E-state index is -0.880. The Bertz CT molecular complexity index is 246. The number of nitrogens with two attached hydrogens (primary N) is 1. The maximum absolute atomic E-state index is 11.7. The van der Waals surface area contributed by atoms with Crippen LogP contribution in [0.25, 0.3) is 0 Å². The van der Waals surface area contributed by atoms with Gasteiger partial charge in [0.05, 0.1) is 6.61 Å². The molecule has 0 aromatic rings. The number of esters is 1. The van der Waals surface area contributed by atoms with Crippen LogP contribution in [0.2, 0.25) is 0 Å². The molecule has 1 rings (SSSR count). The van der Waals surface area contributed by atoms with E-state index in [1.165, 1.54) is 19.3 Å². The maximum Gasteiger partial charge on any atom is 0.327 e. The van der Waals surface area contributed by atoms with E-state index in [2.05, 4.69) is 11.8 Å². The van der Waals surface area contributed by atoms with Crippen LogP contribution in [0.5, 0.6) is 0 Å². The number of likely N-dealkylation sites (tertiary alicyclic amines) is 1. The number of hydrogen-bond donors (Lipinski definition) is 1. The molecule has 1 unspecified atom stereocenters. The van der Waals surface area contributed by atoms with E-state index >= 15 is 0 Å². The lowest BCUT2D eigenvalue weighted by molar-refractivity contribution is -0.149. The molecule has 0 spiro atoms. The molecule has 0 aliphatic carbocycles. The SMILES string of the molecule is CCOC(=O)C(C)(N)CN1CCC(CC)CC1. The molecule has 4 nitrogen and oxygen atoms in total. The van der Waals surface area contributed by atoms with Gasteiger partial charge in [-0.05, 0) is 45.7 Å². The Morgan fingerprint density at radius 1 is 1.41 bits per heavy atom. The third kappa shape index (κ3) is 4.28. The summed E-state index contributed by atoms with van der Waals surface area (Å²) in [6.07, 6.45) is 3.69. The van der Waals surface area contributed by atoms with E-state index in [1.54, 1.807) is 13.8 Å². The lowest BCUT2D eigenvalue weighted by atomic mass is 9.93. The molecule has 17 heavy (non-hydrogen) atoms. The summed E-state index contributed by atoms with van der Waals surface area (Å²) in [5.74, 6) is 0.551. The molecule has 1 saturated heterocycles. The van der Waals surface area contributed by atoms with Crippen molar-refractivity contribution >= 4 is 5.97 Å². The van der Waals surface area contributed by atoms with E-state index in [9.17, 15) is 4.79 Å². The summed E-state index contributed by atoms with van der Waals surface area (Å²) in [5.41, 5.74) is 5.15. The fraction of sp³-hybridized carbons (Fsp3) is 0.923. The van der Waals surface area contributed by atoms with Gasteiger partial charge in [0.25, 0.3) is 0 Å². The van der Waals surface area contributed by atoms with Gasteiger partial charge in [0, 0.05) is 6.54 Å². The Morgan fingerprint density at radius 2 is 2.00 bits per heavy atom. The zero-order valence-electron chi connectivity index (χ0n) is 11.4. The molecule has 1 atom stereocenters. The van der Waals surface area contributed by atoms with Crippen LogP contribution in [0.15, 0.2) is 0 Å². The molecule has 1 fully saturated rings. The number of rotatable bonds is 5. The van der Waals surface area contributed by atoms with Gasteiger partial charge >= 0.3 is 5.97 Å². The van der Waals surface area contributed by atoms with Crippen molar-refractivity contribution in [2.75, 3.05) is 26.2 Å². The normalized spacial score (nSPS) is 22.1. The van der Waals surface area contributed by atoms with Crippen LogP contribution < -0.4 is 5.73 Å². The average Bonchev–Trinajstić information content (AvgIpc) is 2.30. The summed E-state index contributed by atoms with van der Waals surface area (Å²) in [7, 11) is 0. The van der Waals surface area contributed by atoms with Crippen molar-refractivity contribution in [1.82, 2.24) is 4.90 Å². The average molecular weight is 242 g/mol. The Morgan fingerprint density at radius 3 is 2.47 bits per heavy atom. The number of hydrogen-bond acceptors (Lipinski definition) is 4. The van der Waals surface area contributed by atoms with Crippen molar-refractivity contribution < 1.29 is 9.53 Å². The van der Waals surface area contributed by atoms with Crippen LogP contribution in [0.3, 0.4) is 0 Å². The van der Waals surface area contributed by atoms with Gasteiger partial charge in [0.15, 0.2) is 0 Å². The molecule has 1 aliphatic heterocycles. The summed E-state index contributed by atoms with van der Waals surface area (Å²) in [4.78, 5) is 14.0. The van der Waals surface area contributed by atoms with Gasteiger partial charge in [0.2, 0.25) is 0 Å². The van der Waals surface area contributed by atoms with Gasteiger partial charge in [-0.25, -0.2) is 0 Å². The Balaban J connectivity index is 2.40. The van der Waals surface area contributed by atoms with Gasteiger partial charge in [-0.15, -0.1) is 0 Å². The van der Waals surface area contributed by atoms with E-state index < -0.39 is 5.54 Å². The number of carbonyl (C=O) groups is 1. The second kappa shape index (κ2) is 6.36. The molecule has 1 aliphatic rings. The smallest absolute Gasteiger partial charge is 0.327 e. The Kier molecular flexibility index (Phi) is 5.40. The molecule has 0 bridgehead atoms. The minimum absolute atomic E-state index is 0.294. The van der Waals surface area contributed by atoms with Gasteiger partial charge in [-0.3, -0.25) is 4.79 Å². The van der Waals surface area contributed by atoms with Crippen LogP contribution in [-0.4, -0.2) is 42.6 Å². The van der Waals surface area contributed by atoms with E-state index in [-0.39, 0.29) is 5.97 Å². The van der Waals surface area contributed by atoms with E-state index in [0.29, 0.717) is 13.2 Å². The third-order valence-corrected chi connectivity index (χ3v) is 3.58. The lowest BCUT2D eigenvalue weighted by Crippen LogP contribution is -2.55. The Hall–Kier alpha value is -0.610. The summed E-state index contributed by atoms with van der Waals surface area (Å²) >= 11 is 0. The highest BCUT2D eigenvalue weighted by atomic mass is 16.5. The highest BCUT2D eigenvalue weighted by molar-refractivity contribution is 5.80. The summed E-state index contributed by atoms with van der Waals surface area (Å²) in [5, 5.41) is 0.